The molecule has 47 heavy (non-hydrogen) atoms. The average Bonchev–Trinajstić information content (AvgIpc) is 3.39. The van der Waals surface area contributed by atoms with Gasteiger partial charge >= 0.3 is 5.97 Å². The number of rotatable bonds is 5. The van der Waals surface area contributed by atoms with Gasteiger partial charge in [0, 0.05) is 12.0 Å². The fourth-order valence-electron chi connectivity index (χ4n) is 7.42. The number of aliphatic hydroxyl groups is 1. The second kappa shape index (κ2) is 15.9. The molecule has 0 aromatic heterocycles. The van der Waals surface area contributed by atoms with Gasteiger partial charge in [-0.15, -0.1) is 0 Å². The predicted octanol–water partition coefficient (Wildman–Crippen LogP) is 5.46. The number of esters is 1. The van der Waals surface area contributed by atoms with Gasteiger partial charge in [0.15, 0.2) is 30.8 Å². The number of carbonyl (C=O) groups excluding carboxylic acids is 1. The third-order valence-corrected chi connectivity index (χ3v) is 9.87. The Morgan fingerprint density at radius 2 is 1.57 bits per heavy atom. The van der Waals surface area contributed by atoms with Crippen LogP contribution in [0.1, 0.15) is 110 Å². The molecule has 5 fully saturated rings. The lowest BCUT2D eigenvalue weighted by Crippen LogP contribution is -2.66. The zero-order valence-corrected chi connectivity index (χ0v) is 28.3. The summed E-state index contributed by atoms with van der Waals surface area (Å²) >= 11 is 0. The second-order valence-corrected chi connectivity index (χ2v) is 14.1. The number of benzene rings is 1. The van der Waals surface area contributed by atoms with E-state index in [1.807, 2.05) is 51.1 Å². The van der Waals surface area contributed by atoms with E-state index in [-0.39, 0.29) is 31.2 Å². The summed E-state index contributed by atoms with van der Waals surface area (Å²) in [4.78, 5) is 13.2. The van der Waals surface area contributed by atoms with Crippen LogP contribution in [0.25, 0.3) is 0 Å². The average molecular weight is 663 g/mol. The molecular formula is C36H54O11. The van der Waals surface area contributed by atoms with Crippen molar-refractivity contribution in [2.45, 2.75) is 178 Å². The normalized spacial score (nSPS) is 41.5. The van der Waals surface area contributed by atoms with Crippen LogP contribution in [0.5, 0.6) is 0 Å². The Hall–Kier alpha value is -1.67. The Balaban J connectivity index is 1.28. The highest BCUT2D eigenvalue weighted by atomic mass is 16.8. The van der Waals surface area contributed by atoms with Crippen molar-refractivity contribution in [2.24, 2.45) is 0 Å². The van der Waals surface area contributed by atoms with E-state index in [4.69, 9.17) is 42.6 Å². The number of fused-ring (bicyclic) bond motifs is 7. The number of hydrogen-bond donors (Lipinski definition) is 1. The molecule has 11 nitrogen and oxygen atoms in total. The molecular weight excluding hydrogens is 608 g/mol. The van der Waals surface area contributed by atoms with Crippen molar-refractivity contribution in [2.75, 3.05) is 6.61 Å². The lowest BCUT2D eigenvalue weighted by Gasteiger charge is -2.49. The molecule has 0 amide bonds. The minimum Gasteiger partial charge on any atom is -0.456 e. The predicted molar refractivity (Wildman–Crippen MR) is 169 cm³/mol. The zero-order valence-electron chi connectivity index (χ0n) is 28.3. The van der Waals surface area contributed by atoms with E-state index >= 15 is 0 Å². The fraction of sp³-hybridized carbons (Fsp3) is 0.806. The quantitative estimate of drug-likeness (QED) is 0.320. The summed E-state index contributed by atoms with van der Waals surface area (Å²) in [6, 6.07) is 9.54. The highest BCUT2D eigenvalue weighted by Gasteiger charge is 2.58. The van der Waals surface area contributed by atoms with Crippen LogP contribution in [0, 0.1) is 0 Å². The summed E-state index contributed by atoms with van der Waals surface area (Å²) < 4.78 is 57.4. The standard InChI is InChI=1S/C36H54O11/c1-5-6-11-18-24-19-14-8-7-9-15-20-26(37)43-30-27(38)34(42-25-21-39-33(44-29(25)30)23-16-12-10-13-17-23)45-32-31-28(46-36(3,4)47-31)22(2)40-35(32)41-24/h10,12-13,16-17,22,24-25,27-35,38H,5-9,11,14-15,18-21H2,1-4H3/t22-,24?,25-,27-,28+,29-,30-,31+,32-,33?,34+,35+/m1/s1. The minimum atomic E-state index is -1.36. The topological polar surface area (TPSA) is 120 Å². The summed E-state index contributed by atoms with van der Waals surface area (Å²) in [6.45, 7) is 8.05. The Kier molecular flexibility index (Phi) is 11.9. The van der Waals surface area contributed by atoms with Crippen molar-refractivity contribution >= 4 is 5.97 Å². The lowest BCUT2D eigenvalue weighted by molar-refractivity contribution is -0.388. The van der Waals surface area contributed by atoms with E-state index < -0.39 is 67.4 Å². The number of unbranched alkanes of at least 4 members (excludes halogenated alkanes) is 2. The van der Waals surface area contributed by atoms with Crippen molar-refractivity contribution < 1.29 is 52.5 Å². The van der Waals surface area contributed by atoms with Crippen molar-refractivity contribution in [3.8, 4) is 0 Å². The van der Waals surface area contributed by atoms with Crippen LogP contribution in [0.4, 0.5) is 0 Å². The maximum absolute atomic E-state index is 13.2. The molecule has 6 rings (SSSR count). The highest BCUT2D eigenvalue weighted by molar-refractivity contribution is 5.69. The number of carbonyl (C=O) groups is 1. The zero-order chi connectivity index (χ0) is 33.0. The second-order valence-electron chi connectivity index (χ2n) is 14.1. The van der Waals surface area contributed by atoms with Crippen LogP contribution in [0.15, 0.2) is 30.3 Å². The van der Waals surface area contributed by atoms with Gasteiger partial charge in [-0.25, -0.2) is 0 Å². The molecule has 5 aliphatic rings. The first-order valence-electron chi connectivity index (χ1n) is 17.9. The van der Waals surface area contributed by atoms with Crippen LogP contribution >= 0.6 is 0 Å². The molecule has 5 heterocycles. The Morgan fingerprint density at radius 3 is 2.38 bits per heavy atom. The molecule has 1 aromatic carbocycles. The molecule has 2 bridgehead atoms. The van der Waals surface area contributed by atoms with E-state index in [2.05, 4.69) is 6.92 Å². The fourth-order valence-corrected chi connectivity index (χ4v) is 7.42. The monoisotopic (exact) mass is 662 g/mol. The van der Waals surface area contributed by atoms with Crippen LogP contribution in [0.2, 0.25) is 0 Å². The van der Waals surface area contributed by atoms with Crippen molar-refractivity contribution in [3.63, 3.8) is 0 Å². The SMILES string of the molecule is CCCCCC1CCCCCCCC(=O)O[C@@H]2[C@@H](O)[C@H](O[C@H]3[C@H](O1)O[C@H](C)[C@@H]1OC(C)(C)O[C@@H]13)O[C@@H]1COC(c3ccccc3)O[C@@H]21. The van der Waals surface area contributed by atoms with E-state index in [0.29, 0.717) is 6.42 Å². The van der Waals surface area contributed by atoms with E-state index in [1.54, 1.807) is 0 Å². The lowest BCUT2D eigenvalue weighted by atomic mass is 9.96. The molecule has 0 radical (unpaired) electrons. The smallest absolute Gasteiger partial charge is 0.306 e. The molecule has 0 spiro atoms. The molecule has 1 aromatic rings. The van der Waals surface area contributed by atoms with Gasteiger partial charge in [0.1, 0.15) is 36.6 Å². The van der Waals surface area contributed by atoms with Crippen LogP contribution in [0.3, 0.4) is 0 Å². The maximum Gasteiger partial charge on any atom is 0.306 e. The van der Waals surface area contributed by atoms with Gasteiger partial charge in [-0.3, -0.25) is 4.79 Å². The van der Waals surface area contributed by atoms with Crippen molar-refractivity contribution in [3.05, 3.63) is 35.9 Å². The Labute approximate surface area is 278 Å². The molecule has 264 valence electrons. The molecule has 1 N–H and O–H groups in total. The molecule has 0 saturated carbocycles. The maximum atomic E-state index is 13.2. The third kappa shape index (κ3) is 8.56. The van der Waals surface area contributed by atoms with Crippen molar-refractivity contribution in [1.29, 1.82) is 0 Å². The summed E-state index contributed by atoms with van der Waals surface area (Å²) in [5, 5.41) is 11.8. The number of ether oxygens (including phenoxy) is 9. The number of hydrogen-bond acceptors (Lipinski definition) is 11. The highest BCUT2D eigenvalue weighted by Crippen LogP contribution is 2.42. The molecule has 12 atom stereocenters. The van der Waals surface area contributed by atoms with E-state index in [9.17, 15) is 9.90 Å². The van der Waals surface area contributed by atoms with Gasteiger partial charge in [-0.1, -0.05) is 82.2 Å². The molecule has 5 saturated heterocycles. The van der Waals surface area contributed by atoms with Crippen molar-refractivity contribution in [1.82, 2.24) is 0 Å². The Bertz CT molecular complexity index is 1130. The van der Waals surface area contributed by atoms with Crippen LogP contribution in [-0.4, -0.2) is 91.0 Å². The van der Waals surface area contributed by atoms with E-state index in [0.717, 1.165) is 63.4 Å². The van der Waals surface area contributed by atoms with Gasteiger partial charge in [0.25, 0.3) is 0 Å². The van der Waals surface area contributed by atoms with Gasteiger partial charge in [0.05, 0.1) is 18.8 Å². The molecule has 2 unspecified atom stereocenters. The first-order chi connectivity index (χ1) is 22.7. The Morgan fingerprint density at radius 1 is 0.809 bits per heavy atom. The first-order valence-corrected chi connectivity index (χ1v) is 17.9. The molecule has 5 aliphatic heterocycles. The number of aliphatic hydroxyl groups excluding tert-OH is 1. The molecule has 0 aliphatic carbocycles. The third-order valence-electron chi connectivity index (χ3n) is 9.87. The van der Waals surface area contributed by atoms with E-state index in [1.165, 1.54) is 0 Å². The van der Waals surface area contributed by atoms with Gasteiger partial charge < -0.3 is 47.7 Å². The summed E-state index contributed by atoms with van der Waals surface area (Å²) in [5.74, 6) is -1.25. The summed E-state index contributed by atoms with van der Waals surface area (Å²) in [5.41, 5.74) is 0.823. The largest absolute Gasteiger partial charge is 0.456 e. The summed E-state index contributed by atoms with van der Waals surface area (Å²) in [7, 11) is 0. The van der Waals surface area contributed by atoms with Crippen LogP contribution < -0.4 is 0 Å². The van der Waals surface area contributed by atoms with Crippen LogP contribution in [-0.2, 0) is 47.4 Å². The van der Waals surface area contributed by atoms with Gasteiger partial charge in [-0.2, -0.15) is 0 Å². The summed E-state index contributed by atoms with van der Waals surface area (Å²) in [6.07, 6.45) is 1.48. The minimum absolute atomic E-state index is 0.0262. The van der Waals surface area contributed by atoms with Gasteiger partial charge in [0.2, 0.25) is 0 Å². The van der Waals surface area contributed by atoms with Gasteiger partial charge in [-0.05, 0) is 40.0 Å². The first kappa shape index (κ1) is 35.2. The molecule has 11 heteroatoms.